The standard InChI is InChI=1S/C20H20BrClN6O4/c1-27-10-11(8-13(21)19(27)30)18(29)25-26-20(31)24-14-5-6-15-12(17(14)22)9-23-28(15)16-4-2-3-7-32-16/h5-6,8-10,16H,2-4,7H2,1H3,(H,25,29)(H2,24,26,31). The fourth-order valence-corrected chi connectivity index (χ4v) is 4.25. The van der Waals surface area contributed by atoms with E-state index in [-0.39, 0.29) is 21.8 Å². The Balaban J connectivity index is 1.43. The molecule has 168 valence electrons. The van der Waals surface area contributed by atoms with Gasteiger partial charge in [0.25, 0.3) is 11.5 Å². The second kappa shape index (κ2) is 9.31. The van der Waals surface area contributed by atoms with Crippen molar-refractivity contribution in [2.75, 3.05) is 11.9 Å². The van der Waals surface area contributed by atoms with E-state index in [0.717, 1.165) is 24.8 Å². The number of rotatable bonds is 3. The first kappa shape index (κ1) is 22.3. The Morgan fingerprint density at radius 1 is 1.28 bits per heavy atom. The fourth-order valence-electron chi connectivity index (χ4n) is 3.46. The zero-order valence-corrected chi connectivity index (χ0v) is 19.4. The summed E-state index contributed by atoms with van der Waals surface area (Å²) in [5.41, 5.74) is 5.62. The highest BCUT2D eigenvalue weighted by molar-refractivity contribution is 9.10. The van der Waals surface area contributed by atoms with Crippen molar-refractivity contribution in [1.29, 1.82) is 0 Å². The van der Waals surface area contributed by atoms with Gasteiger partial charge in [0.1, 0.15) is 0 Å². The molecule has 3 aromatic rings. The SMILES string of the molecule is Cn1cc(C(=O)NNC(=O)Nc2ccc3c(cnn3C3CCCCO3)c2Cl)cc(Br)c1=O. The summed E-state index contributed by atoms with van der Waals surface area (Å²) in [5.74, 6) is -0.591. The first-order valence-corrected chi connectivity index (χ1v) is 11.0. The van der Waals surface area contributed by atoms with Crippen LogP contribution in [0, 0.1) is 0 Å². The van der Waals surface area contributed by atoms with E-state index in [1.165, 1.54) is 23.9 Å². The van der Waals surface area contributed by atoms with Gasteiger partial charge in [0, 0.05) is 25.2 Å². The van der Waals surface area contributed by atoms with Crippen LogP contribution in [0.3, 0.4) is 0 Å². The van der Waals surface area contributed by atoms with E-state index in [2.05, 4.69) is 37.2 Å². The van der Waals surface area contributed by atoms with Crippen LogP contribution in [-0.2, 0) is 11.8 Å². The minimum absolute atomic E-state index is 0.132. The lowest BCUT2D eigenvalue weighted by Crippen LogP contribution is -2.44. The first-order valence-electron chi connectivity index (χ1n) is 9.86. The van der Waals surface area contributed by atoms with Gasteiger partial charge in [0.05, 0.1) is 32.5 Å². The number of aromatic nitrogens is 3. The van der Waals surface area contributed by atoms with E-state index in [1.807, 2.05) is 6.07 Å². The van der Waals surface area contributed by atoms with Crippen LogP contribution in [0.4, 0.5) is 10.5 Å². The summed E-state index contributed by atoms with van der Waals surface area (Å²) >= 11 is 9.59. The maximum Gasteiger partial charge on any atom is 0.337 e. The fraction of sp³-hybridized carbons (Fsp3) is 0.300. The van der Waals surface area contributed by atoms with Gasteiger partial charge < -0.3 is 14.6 Å². The van der Waals surface area contributed by atoms with Crippen molar-refractivity contribution < 1.29 is 14.3 Å². The third kappa shape index (κ3) is 4.50. The van der Waals surface area contributed by atoms with Gasteiger partial charge in [-0.1, -0.05) is 11.6 Å². The predicted molar refractivity (Wildman–Crippen MR) is 123 cm³/mol. The number of hydrogen-bond acceptors (Lipinski definition) is 5. The highest BCUT2D eigenvalue weighted by atomic mass is 79.9. The van der Waals surface area contributed by atoms with E-state index in [1.54, 1.807) is 16.9 Å². The first-order chi connectivity index (χ1) is 15.3. The van der Waals surface area contributed by atoms with Crippen molar-refractivity contribution in [2.24, 2.45) is 7.05 Å². The summed E-state index contributed by atoms with van der Waals surface area (Å²) < 4.78 is 9.08. The van der Waals surface area contributed by atoms with E-state index in [9.17, 15) is 14.4 Å². The number of halogens is 2. The number of fused-ring (bicyclic) bond motifs is 1. The van der Waals surface area contributed by atoms with Crippen LogP contribution in [-0.4, -0.2) is 32.9 Å². The lowest BCUT2D eigenvalue weighted by molar-refractivity contribution is -0.0366. The summed E-state index contributed by atoms with van der Waals surface area (Å²) in [6, 6.07) is 4.15. The molecular weight excluding hydrogens is 504 g/mol. The number of ether oxygens (including phenoxy) is 1. The van der Waals surface area contributed by atoms with Crippen LogP contribution in [0.1, 0.15) is 35.8 Å². The van der Waals surface area contributed by atoms with E-state index < -0.39 is 11.9 Å². The molecule has 1 saturated heterocycles. The number of hydrazine groups is 1. The van der Waals surface area contributed by atoms with E-state index in [4.69, 9.17) is 16.3 Å². The molecule has 0 bridgehead atoms. The Kier molecular flexibility index (Phi) is 6.49. The topological polar surface area (TPSA) is 119 Å². The van der Waals surface area contributed by atoms with Crippen LogP contribution in [0.5, 0.6) is 0 Å². The minimum atomic E-state index is -0.688. The number of carbonyl (C=O) groups excluding carboxylic acids is 2. The number of aryl methyl sites for hydroxylation is 1. The van der Waals surface area contributed by atoms with Crippen LogP contribution in [0.25, 0.3) is 10.9 Å². The Bertz CT molecular complexity index is 1220. The van der Waals surface area contributed by atoms with Crippen molar-refractivity contribution in [2.45, 2.75) is 25.5 Å². The number of nitrogens with one attached hydrogen (secondary N) is 3. The molecule has 1 aromatic carbocycles. The van der Waals surface area contributed by atoms with Crippen LogP contribution in [0.2, 0.25) is 5.02 Å². The van der Waals surface area contributed by atoms with Crippen molar-refractivity contribution >= 4 is 56.1 Å². The number of urea groups is 1. The van der Waals surface area contributed by atoms with Crippen molar-refractivity contribution in [3.8, 4) is 0 Å². The predicted octanol–water partition coefficient (Wildman–Crippen LogP) is 3.32. The molecule has 1 unspecified atom stereocenters. The Hall–Kier alpha value is -2.89. The molecule has 3 N–H and O–H groups in total. The molecule has 0 radical (unpaired) electrons. The molecule has 3 heterocycles. The molecule has 0 aliphatic carbocycles. The second-order valence-corrected chi connectivity index (χ2v) is 8.53. The van der Waals surface area contributed by atoms with Gasteiger partial charge in [0.2, 0.25) is 0 Å². The second-order valence-electron chi connectivity index (χ2n) is 7.30. The van der Waals surface area contributed by atoms with Gasteiger partial charge in [-0.2, -0.15) is 5.10 Å². The average Bonchev–Trinajstić information content (AvgIpc) is 3.23. The summed E-state index contributed by atoms with van der Waals surface area (Å²) in [5, 5.41) is 8.01. The number of amides is 3. The molecule has 0 saturated carbocycles. The average molecular weight is 524 g/mol. The van der Waals surface area contributed by atoms with Crippen molar-refractivity contribution in [3.05, 3.63) is 56.0 Å². The number of pyridine rings is 1. The van der Waals surface area contributed by atoms with Crippen molar-refractivity contribution in [3.63, 3.8) is 0 Å². The Morgan fingerprint density at radius 3 is 2.81 bits per heavy atom. The molecule has 1 aliphatic heterocycles. The van der Waals surface area contributed by atoms with Gasteiger partial charge >= 0.3 is 6.03 Å². The van der Waals surface area contributed by atoms with E-state index >= 15 is 0 Å². The number of carbonyl (C=O) groups is 2. The molecule has 1 fully saturated rings. The summed E-state index contributed by atoms with van der Waals surface area (Å²) in [4.78, 5) is 36.3. The molecule has 2 aromatic heterocycles. The number of nitrogens with zero attached hydrogens (tertiary/aromatic N) is 3. The zero-order chi connectivity index (χ0) is 22.8. The molecule has 1 aliphatic rings. The lowest BCUT2D eigenvalue weighted by Gasteiger charge is -2.23. The van der Waals surface area contributed by atoms with Gasteiger partial charge in [-0.05, 0) is 53.4 Å². The van der Waals surface area contributed by atoms with Gasteiger partial charge in [-0.3, -0.25) is 15.0 Å². The third-order valence-electron chi connectivity index (χ3n) is 5.08. The number of benzene rings is 1. The summed E-state index contributed by atoms with van der Waals surface area (Å²) in [6.45, 7) is 0.696. The van der Waals surface area contributed by atoms with Crippen LogP contribution < -0.4 is 21.7 Å². The highest BCUT2D eigenvalue weighted by Crippen LogP contribution is 2.33. The monoisotopic (exact) mass is 522 g/mol. The van der Waals surface area contributed by atoms with Gasteiger partial charge in [-0.15, -0.1) is 0 Å². The number of anilines is 1. The Morgan fingerprint density at radius 2 is 2.09 bits per heavy atom. The highest BCUT2D eigenvalue weighted by Gasteiger charge is 2.20. The molecule has 4 rings (SSSR count). The quantitative estimate of drug-likeness (QED) is 0.455. The maximum atomic E-state index is 12.3. The van der Waals surface area contributed by atoms with Crippen LogP contribution in [0.15, 0.2) is 39.9 Å². The molecular formula is C20H20BrClN6O4. The van der Waals surface area contributed by atoms with Gasteiger partial charge in [0.15, 0.2) is 6.23 Å². The largest absolute Gasteiger partial charge is 0.356 e. The Labute approximate surface area is 196 Å². The molecule has 10 nitrogen and oxygen atoms in total. The molecule has 3 amide bonds. The van der Waals surface area contributed by atoms with Crippen molar-refractivity contribution in [1.82, 2.24) is 25.2 Å². The zero-order valence-electron chi connectivity index (χ0n) is 17.0. The normalized spacial score (nSPS) is 16.0. The minimum Gasteiger partial charge on any atom is -0.356 e. The summed E-state index contributed by atoms with van der Waals surface area (Å²) in [6.07, 6.45) is 5.85. The third-order valence-corrected chi connectivity index (χ3v) is 6.06. The van der Waals surface area contributed by atoms with Crippen LogP contribution >= 0.6 is 27.5 Å². The lowest BCUT2D eigenvalue weighted by atomic mass is 10.2. The summed E-state index contributed by atoms with van der Waals surface area (Å²) in [7, 11) is 1.52. The maximum absolute atomic E-state index is 12.3. The van der Waals surface area contributed by atoms with Gasteiger partial charge in [-0.25, -0.2) is 14.9 Å². The number of hydrogen-bond donors (Lipinski definition) is 3. The molecule has 0 spiro atoms. The smallest absolute Gasteiger partial charge is 0.337 e. The van der Waals surface area contributed by atoms with E-state index in [0.29, 0.717) is 22.7 Å². The molecule has 1 atom stereocenters. The molecule has 12 heteroatoms. The molecule has 32 heavy (non-hydrogen) atoms.